The van der Waals surface area contributed by atoms with E-state index in [0.29, 0.717) is 32.3 Å². The molecule has 11 heteroatoms. The van der Waals surface area contributed by atoms with E-state index < -0.39 is 49.5 Å². The average molecular weight is 874 g/mol. The van der Waals surface area contributed by atoms with E-state index in [-0.39, 0.29) is 18.5 Å². The molecule has 6 N–H and O–H groups in total. The maximum absolute atomic E-state index is 12.9. The van der Waals surface area contributed by atoms with Crippen molar-refractivity contribution in [2.75, 3.05) is 19.8 Å². The summed E-state index contributed by atoms with van der Waals surface area (Å²) in [4.78, 5) is 24.9. The first kappa shape index (κ1) is 57.1. The summed E-state index contributed by atoms with van der Waals surface area (Å²) in [6.07, 6.45) is 41.5. The van der Waals surface area contributed by atoms with Gasteiger partial charge >= 0.3 is 5.97 Å². The Kier molecular flexibility index (Phi) is 37.6. The minimum atomic E-state index is -1.59. The van der Waals surface area contributed by atoms with Gasteiger partial charge in [0.05, 0.1) is 32.0 Å². The van der Waals surface area contributed by atoms with Gasteiger partial charge < -0.3 is 45.1 Å². The Bertz CT molecular complexity index is 1260. The average Bonchev–Trinajstić information content (AvgIpc) is 3.27. The SMILES string of the molecule is C/C=C/CC/C=C/CC/C=C/C(O)C(COC1OC(CO)C(O)C(O)C1O)NC(=O)CCCCCCC/C=C\CCCCCOC(=O)CCCCCCC/C=C\C/C=C\CCC. The Morgan fingerprint density at radius 2 is 1.16 bits per heavy atom. The second-order valence-electron chi connectivity index (χ2n) is 16.4. The molecule has 356 valence electrons. The molecule has 0 saturated carbocycles. The number of ether oxygens (including phenoxy) is 3. The fourth-order valence-corrected chi connectivity index (χ4v) is 6.91. The van der Waals surface area contributed by atoms with Crippen molar-refractivity contribution in [2.24, 2.45) is 0 Å². The molecule has 0 bridgehead atoms. The molecular weight excluding hydrogens is 787 g/mol. The Balaban J connectivity index is 2.20. The molecule has 62 heavy (non-hydrogen) atoms. The van der Waals surface area contributed by atoms with Gasteiger partial charge in [-0.15, -0.1) is 0 Å². The van der Waals surface area contributed by atoms with Crippen LogP contribution >= 0.6 is 0 Å². The van der Waals surface area contributed by atoms with Gasteiger partial charge in [-0.2, -0.15) is 0 Å². The molecule has 1 aliphatic heterocycles. The molecule has 1 amide bonds. The minimum absolute atomic E-state index is 0.0663. The molecule has 1 fully saturated rings. The number of allylic oxidation sites excluding steroid dienone is 11. The molecular formula is C51H87NO10. The number of aliphatic hydroxyl groups excluding tert-OH is 5. The lowest BCUT2D eigenvalue weighted by atomic mass is 9.99. The van der Waals surface area contributed by atoms with Gasteiger partial charge in [0.1, 0.15) is 24.4 Å². The lowest BCUT2D eigenvalue weighted by Gasteiger charge is -2.40. The molecule has 11 nitrogen and oxygen atoms in total. The summed E-state index contributed by atoms with van der Waals surface area (Å²) in [6, 6.07) is -0.854. The molecule has 0 aromatic rings. The fourth-order valence-electron chi connectivity index (χ4n) is 6.91. The number of esters is 1. The lowest BCUT2D eigenvalue weighted by Crippen LogP contribution is -2.60. The minimum Gasteiger partial charge on any atom is -0.466 e. The fraction of sp³-hybridized carbons (Fsp3) is 0.725. The van der Waals surface area contributed by atoms with Gasteiger partial charge in [0, 0.05) is 12.8 Å². The summed E-state index contributed by atoms with van der Waals surface area (Å²) >= 11 is 0. The van der Waals surface area contributed by atoms with Crippen LogP contribution in [0.5, 0.6) is 0 Å². The van der Waals surface area contributed by atoms with Crippen LogP contribution in [0.2, 0.25) is 0 Å². The Hall–Kier alpha value is -2.90. The standard InChI is InChI=1S/C51H87NO10/c1-3-5-7-9-11-13-14-15-19-23-27-31-35-39-47(56)60-40-36-32-28-24-20-17-16-18-22-26-30-34-38-46(55)52-43(44(54)37-33-29-25-21-12-10-8-6-4-2)42-61-51-50(59)49(58)48(57)45(41-53)62-51/h4,6-7,9,12-14,17,20-21,33,37,43-45,48-51,53-54,57-59H,3,5,8,10-11,15-16,18-19,22-32,34-36,38-42H2,1-2H3,(H,52,55)/b6-4+,9-7-,14-13-,20-17-,21-12+,37-33+. The molecule has 1 aliphatic rings. The number of carbonyl (C=O) groups excluding carboxylic acids is 2. The van der Waals surface area contributed by atoms with Crippen LogP contribution in [-0.2, 0) is 23.8 Å². The maximum atomic E-state index is 12.9. The second-order valence-corrected chi connectivity index (χ2v) is 16.4. The predicted octanol–water partition coefficient (Wildman–Crippen LogP) is 9.32. The van der Waals surface area contributed by atoms with E-state index in [1.54, 1.807) is 6.08 Å². The van der Waals surface area contributed by atoms with Crippen molar-refractivity contribution in [3.8, 4) is 0 Å². The van der Waals surface area contributed by atoms with Gasteiger partial charge in [-0.05, 0) is 110 Å². The van der Waals surface area contributed by atoms with Crippen LogP contribution in [0.3, 0.4) is 0 Å². The number of amides is 1. The topological polar surface area (TPSA) is 175 Å². The number of aliphatic hydroxyl groups is 5. The molecule has 0 radical (unpaired) electrons. The van der Waals surface area contributed by atoms with Crippen molar-refractivity contribution in [1.82, 2.24) is 5.32 Å². The Morgan fingerprint density at radius 1 is 0.629 bits per heavy atom. The first-order valence-electron chi connectivity index (χ1n) is 24.2. The third kappa shape index (κ3) is 31.0. The van der Waals surface area contributed by atoms with Crippen molar-refractivity contribution >= 4 is 11.9 Å². The van der Waals surface area contributed by atoms with E-state index in [2.05, 4.69) is 66.9 Å². The van der Waals surface area contributed by atoms with Gasteiger partial charge in [-0.1, -0.05) is 125 Å². The third-order valence-electron chi connectivity index (χ3n) is 10.8. The Morgan fingerprint density at radius 3 is 1.79 bits per heavy atom. The highest BCUT2D eigenvalue weighted by atomic mass is 16.7. The molecule has 7 unspecified atom stereocenters. The van der Waals surface area contributed by atoms with E-state index in [0.717, 1.165) is 103 Å². The van der Waals surface area contributed by atoms with Gasteiger partial charge in [-0.25, -0.2) is 0 Å². The van der Waals surface area contributed by atoms with Gasteiger partial charge in [-0.3, -0.25) is 9.59 Å². The van der Waals surface area contributed by atoms with Gasteiger partial charge in [0.15, 0.2) is 6.29 Å². The zero-order valence-corrected chi connectivity index (χ0v) is 38.5. The second kappa shape index (κ2) is 40.8. The number of rotatable bonds is 39. The first-order valence-corrected chi connectivity index (χ1v) is 24.2. The highest BCUT2D eigenvalue weighted by Crippen LogP contribution is 2.22. The van der Waals surface area contributed by atoms with E-state index in [1.807, 2.05) is 19.1 Å². The smallest absolute Gasteiger partial charge is 0.305 e. The zero-order chi connectivity index (χ0) is 45.3. The van der Waals surface area contributed by atoms with Crippen molar-refractivity contribution in [1.29, 1.82) is 0 Å². The van der Waals surface area contributed by atoms with Crippen LogP contribution < -0.4 is 5.32 Å². The van der Waals surface area contributed by atoms with Crippen LogP contribution in [-0.4, -0.2) is 100 Å². The molecule has 0 spiro atoms. The first-order chi connectivity index (χ1) is 30.2. The van der Waals surface area contributed by atoms with Crippen LogP contribution in [0.25, 0.3) is 0 Å². The van der Waals surface area contributed by atoms with E-state index in [1.165, 1.54) is 32.1 Å². The predicted molar refractivity (Wildman–Crippen MR) is 250 cm³/mol. The normalized spacial score (nSPS) is 20.8. The van der Waals surface area contributed by atoms with E-state index in [9.17, 15) is 35.1 Å². The molecule has 0 aromatic heterocycles. The van der Waals surface area contributed by atoms with E-state index in [4.69, 9.17) is 14.2 Å². The van der Waals surface area contributed by atoms with Crippen LogP contribution in [0, 0.1) is 0 Å². The van der Waals surface area contributed by atoms with Crippen molar-refractivity contribution in [3.05, 3.63) is 72.9 Å². The Labute approximate surface area is 375 Å². The summed E-state index contributed by atoms with van der Waals surface area (Å²) in [5.41, 5.74) is 0. The molecule has 0 aromatic carbocycles. The van der Waals surface area contributed by atoms with Crippen LogP contribution in [0.4, 0.5) is 0 Å². The van der Waals surface area contributed by atoms with Crippen molar-refractivity contribution in [2.45, 2.75) is 217 Å². The largest absolute Gasteiger partial charge is 0.466 e. The summed E-state index contributed by atoms with van der Waals surface area (Å²) in [5.74, 6) is -0.296. The highest BCUT2D eigenvalue weighted by Gasteiger charge is 2.44. The van der Waals surface area contributed by atoms with Crippen molar-refractivity contribution < 1.29 is 49.3 Å². The number of carbonyl (C=O) groups is 2. The molecule has 7 atom stereocenters. The molecule has 1 saturated heterocycles. The van der Waals surface area contributed by atoms with Crippen LogP contribution in [0.15, 0.2) is 72.9 Å². The monoisotopic (exact) mass is 874 g/mol. The van der Waals surface area contributed by atoms with Gasteiger partial charge in [0.25, 0.3) is 0 Å². The number of nitrogens with one attached hydrogen (secondary N) is 1. The zero-order valence-electron chi connectivity index (χ0n) is 38.5. The lowest BCUT2D eigenvalue weighted by molar-refractivity contribution is -0.302. The highest BCUT2D eigenvalue weighted by molar-refractivity contribution is 5.76. The summed E-state index contributed by atoms with van der Waals surface area (Å²) in [6.45, 7) is 3.89. The summed E-state index contributed by atoms with van der Waals surface area (Å²) in [5, 5.41) is 53.9. The van der Waals surface area contributed by atoms with Gasteiger partial charge in [0.2, 0.25) is 5.91 Å². The van der Waals surface area contributed by atoms with Crippen LogP contribution in [0.1, 0.15) is 174 Å². The summed E-state index contributed by atoms with van der Waals surface area (Å²) in [7, 11) is 0. The number of unbranched alkanes of at least 4 members (excludes halogenated alkanes) is 16. The molecule has 1 heterocycles. The third-order valence-corrected chi connectivity index (χ3v) is 10.8. The number of hydrogen-bond acceptors (Lipinski definition) is 10. The quantitative estimate of drug-likeness (QED) is 0.0198. The molecule has 0 aliphatic carbocycles. The maximum Gasteiger partial charge on any atom is 0.305 e. The van der Waals surface area contributed by atoms with Crippen molar-refractivity contribution in [3.63, 3.8) is 0 Å². The van der Waals surface area contributed by atoms with E-state index >= 15 is 0 Å². The number of hydrogen-bond donors (Lipinski definition) is 6. The molecule has 1 rings (SSSR count). The summed E-state index contributed by atoms with van der Waals surface area (Å²) < 4.78 is 16.6.